The summed E-state index contributed by atoms with van der Waals surface area (Å²) in [5.41, 5.74) is 13.1. The topological polar surface area (TPSA) is 0 Å². The van der Waals surface area contributed by atoms with Gasteiger partial charge in [-0.2, -0.15) is 0 Å². The van der Waals surface area contributed by atoms with Crippen molar-refractivity contribution in [2.75, 3.05) is 0 Å². The van der Waals surface area contributed by atoms with Crippen molar-refractivity contribution in [3.8, 4) is 33.4 Å². The van der Waals surface area contributed by atoms with Crippen LogP contribution in [0, 0.1) is 0 Å². The molecule has 0 atom stereocenters. The third-order valence-electron chi connectivity index (χ3n) is 7.16. The van der Waals surface area contributed by atoms with Crippen LogP contribution >= 0.6 is 15.9 Å². The first-order chi connectivity index (χ1) is 15.8. The molecule has 0 radical (unpaired) electrons. The molecule has 0 aromatic heterocycles. The minimum Gasteiger partial charge on any atom is -0.0619 e. The van der Waals surface area contributed by atoms with Gasteiger partial charge in [0.1, 0.15) is 0 Å². The number of hydrogen-bond donors (Lipinski definition) is 0. The van der Waals surface area contributed by atoms with Crippen LogP contribution in [0.4, 0.5) is 0 Å². The van der Waals surface area contributed by atoms with E-state index in [1.165, 1.54) is 55.6 Å². The smallest absolute Gasteiger partial charge is 0.0619 e. The number of benzene rings is 5. The molecule has 5 aromatic carbocycles. The summed E-state index contributed by atoms with van der Waals surface area (Å²) in [5, 5.41) is 0. The Morgan fingerprint density at radius 3 is 1.50 bits per heavy atom. The largest absolute Gasteiger partial charge is 0.0725 e. The second-order valence-electron chi connectivity index (χ2n) is 8.66. The highest BCUT2D eigenvalue weighted by atomic mass is 79.9. The summed E-state index contributed by atoms with van der Waals surface area (Å²) in [6.07, 6.45) is 0. The highest BCUT2D eigenvalue weighted by molar-refractivity contribution is 9.10. The number of hydrogen-bond acceptors (Lipinski definition) is 0. The van der Waals surface area contributed by atoms with Gasteiger partial charge in [0, 0.05) is 4.47 Å². The standard InChI is InChI=1S/C31H19Br/c32-22-9-7-8-20(18-22)21-16-17-30-26(19-21)25-12-3-6-15-29(25)31(30)27-13-4-1-10-23(27)24-11-2-5-14-28(24)31/h1-19H. The Balaban J connectivity index is 1.59. The average Bonchev–Trinajstić information content (AvgIpc) is 3.31. The van der Waals surface area contributed by atoms with Crippen molar-refractivity contribution in [2.45, 2.75) is 5.41 Å². The van der Waals surface area contributed by atoms with Gasteiger partial charge in [-0.3, -0.25) is 0 Å². The second kappa shape index (κ2) is 6.54. The van der Waals surface area contributed by atoms with Crippen molar-refractivity contribution >= 4 is 15.9 Å². The lowest BCUT2D eigenvalue weighted by molar-refractivity contribution is 0.794. The maximum atomic E-state index is 3.63. The Labute approximate surface area is 196 Å². The van der Waals surface area contributed by atoms with Gasteiger partial charge in [0.05, 0.1) is 5.41 Å². The second-order valence-corrected chi connectivity index (χ2v) is 9.57. The predicted octanol–water partition coefficient (Wildman–Crippen LogP) is 8.46. The molecule has 0 nitrogen and oxygen atoms in total. The zero-order valence-electron chi connectivity index (χ0n) is 17.3. The van der Waals surface area contributed by atoms with Crippen LogP contribution in [0.1, 0.15) is 22.3 Å². The molecule has 7 rings (SSSR count). The zero-order chi connectivity index (χ0) is 21.3. The van der Waals surface area contributed by atoms with Crippen molar-refractivity contribution in [1.82, 2.24) is 0 Å². The van der Waals surface area contributed by atoms with E-state index in [0.29, 0.717) is 0 Å². The molecular formula is C31H19Br. The minimum atomic E-state index is -0.255. The average molecular weight is 471 g/mol. The van der Waals surface area contributed by atoms with Gasteiger partial charge in [-0.1, -0.05) is 113 Å². The van der Waals surface area contributed by atoms with Crippen LogP contribution in [0.25, 0.3) is 33.4 Å². The van der Waals surface area contributed by atoms with E-state index in [2.05, 4.69) is 131 Å². The molecule has 0 amide bonds. The third-order valence-corrected chi connectivity index (χ3v) is 7.65. The Kier molecular flexibility index (Phi) is 3.72. The summed E-state index contributed by atoms with van der Waals surface area (Å²) in [7, 11) is 0. The van der Waals surface area contributed by atoms with Crippen molar-refractivity contribution in [2.24, 2.45) is 0 Å². The van der Waals surface area contributed by atoms with Crippen LogP contribution in [0.15, 0.2) is 120 Å². The van der Waals surface area contributed by atoms with Crippen molar-refractivity contribution < 1.29 is 0 Å². The van der Waals surface area contributed by atoms with Gasteiger partial charge in [0.15, 0.2) is 0 Å². The molecule has 0 unspecified atom stereocenters. The highest BCUT2D eigenvalue weighted by Gasteiger charge is 2.51. The van der Waals surface area contributed by atoms with Crippen LogP contribution in [-0.2, 0) is 5.41 Å². The van der Waals surface area contributed by atoms with Crippen molar-refractivity contribution in [3.63, 3.8) is 0 Å². The Morgan fingerprint density at radius 1 is 0.406 bits per heavy atom. The summed E-state index contributed by atoms with van der Waals surface area (Å²) in [4.78, 5) is 0. The van der Waals surface area contributed by atoms with E-state index in [1.807, 2.05) is 0 Å². The van der Waals surface area contributed by atoms with E-state index >= 15 is 0 Å². The first kappa shape index (κ1) is 18.2. The number of fused-ring (bicyclic) bond motifs is 10. The first-order valence-electron chi connectivity index (χ1n) is 11.0. The van der Waals surface area contributed by atoms with Gasteiger partial charge in [-0.25, -0.2) is 0 Å². The molecule has 0 heterocycles. The molecular weight excluding hydrogens is 452 g/mol. The van der Waals surface area contributed by atoms with Crippen LogP contribution < -0.4 is 0 Å². The summed E-state index contributed by atoms with van der Waals surface area (Å²) < 4.78 is 1.10. The normalized spacial score (nSPS) is 14.0. The fraction of sp³-hybridized carbons (Fsp3) is 0.0323. The van der Waals surface area contributed by atoms with Gasteiger partial charge in [0.25, 0.3) is 0 Å². The minimum absolute atomic E-state index is 0.255. The van der Waals surface area contributed by atoms with Gasteiger partial charge in [-0.05, 0) is 73.8 Å². The van der Waals surface area contributed by atoms with E-state index in [1.54, 1.807) is 0 Å². The van der Waals surface area contributed by atoms with Crippen LogP contribution in [0.5, 0.6) is 0 Å². The summed E-state index contributed by atoms with van der Waals surface area (Å²) in [5.74, 6) is 0. The molecule has 150 valence electrons. The first-order valence-corrected chi connectivity index (χ1v) is 11.8. The summed E-state index contributed by atoms with van der Waals surface area (Å²) in [6, 6.07) is 42.4. The zero-order valence-corrected chi connectivity index (χ0v) is 18.9. The third kappa shape index (κ3) is 2.22. The molecule has 0 N–H and O–H groups in total. The summed E-state index contributed by atoms with van der Waals surface area (Å²) >= 11 is 3.63. The lowest BCUT2D eigenvalue weighted by Crippen LogP contribution is -2.25. The lowest BCUT2D eigenvalue weighted by Gasteiger charge is -2.30. The van der Waals surface area contributed by atoms with Crippen molar-refractivity contribution in [3.05, 3.63) is 142 Å². The molecule has 0 saturated carbocycles. The predicted molar refractivity (Wildman–Crippen MR) is 136 cm³/mol. The van der Waals surface area contributed by atoms with Gasteiger partial charge >= 0.3 is 0 Å². The van der Waals surface area contributed by atoms with E-state index in [-0.39, 0.29) is 5.41 Å². The summed E-state index contributed by atoms with van der Waals surface area (Å²) in [6.45, 7) is 0. The molecule has 2 aliphatic rings. The van der Waals surface area contributed by atoms with Crippen LogP contribution in [0.3, 0.4) is 0 Å². The van der Waals surface area contributed by atoms with E-state index in [9.17, 15) is 0 Å². The molecule has 1 spiro atoms. The molecule has 0 saturated heterocycles. The van der Waals surface area contributed by atoms with Gasteiger partial charge < -0.3 is 0 Å². The Bertz CT molecular complexity index is 1500. The molecule has 2 aliphatic carbocycles. The van der Waals surface area contributed by atoms with Gasteiger partial charge in [0.2, 0.25) is 0 Å². The maximum absolute atomic E-state index is 3.63. The molecule has 0 aliphatic heterocycles. The molecule has 5 aromatic rings. The van der Waals surface area contributed by atoms with E-state index in [4.69, 9.17) is 0 Å². The fourth-order valence-electron chi connectivity index (χ4n) is 5.95. The van der Waals surface area contributed by atoms with Crippen LogP contribution in [0.2, 0.25) is 0 Å². The quantitative estimate of drug-likeness (QED) is 0.225. The van der Waals surface area contributed by atoms with Gasteiger partial charge in [-0.15, -0.1) is 0 Å². The molecule has 32 heavy (non-hydrogen) atoms. The maximum Gasteiger partial charge on any atom is 0.0725 e. The number of rotatable bonds is 1. The van der Waals surface area contributed by atoms with Crippen LogP contribution in [-0.4, -0.2) is 0 Å². The molecule has 0 fully saturated rings. The Hall–Kier alpha value is -3.42. The molecule has 0 bridgehead atoms. The van der Waals surface area contributed by atoms with E-state index < -0.39 is 0 Å². The van der Waals surface area contributed by atoms with E-state index in [0.717, 1.165) is 4.47 Å². The van der Waals surface area contributed by atoms with Crippen molar-refractivity contribution in [1.29, 1.82) is 0 Å². The Morgan fingerprint density at radius 2 is 0.906 bits per heavy atom. The monoisotopic (exact) mass is 470 g/mol. The number of halogens is 1. The lowest BCUT2D eigenvalue weighted by atomic mass is 9.70. The SMILES string of the molecule is Brc1cccc(-c2ccc3c(c2)-c2ccccc2C32c3ccccc3-c3ccccc32)c1. The highest BCUT2D eigenvalue weighted by Crippen LogP contribution is 2.62. The fourth-order valence-corrected chi connectivity index (χ4v) is 6.35. The molecule has 1 heteroatoms.